The zero-order valence-corrected chi connectivity index (χ0v) is 8.87. The van der Waals surface area contributed by atoms with Crippen LogP contribution in [0.3, 0.4) is 0 Å². The second-order valence-corrected chi connectivity index (χ2v) is 4.54. The van der Waals surface area contributed by atoms with Gasteiger partial charge >= 0.3 is 5.97 Å². The van der Waals surface area contributed by atoms with Crippen LogP contribution >= 0.6 is 11.6 Å². The lowest BCUT2D eigenvalue weighted by Crippen LogP contribution is -2.10. The lowest BCUT2D eigenvalue weighted by atomic mass is 10.0. The summed E-state index contributed by atoms with van der Waals surface area (Å²) >= 11 is 5.97. The predicted molar refractivity (Wildman–Crippen MR) is 54.3 cm³/mol. The highest BCUT2D eigenvalue weighted by Gasteiger charge is 2.60. The van der Waals surface area contributed by atoms with Crippen LogP contribution in [0.2, 0.25) is 5.02 Å². The predicted octanol–water partition coefficient (Wildman–Crippen LogP) is 2.29. The molecule has 1 aliphatic heterocycles. The van der Waals surface area contributed by atoms with Gasteiger partial charge in [0.2, 0.25) is 0 Å². The number of carboxylic acid groups (broad SMARTS) is 1. The number of carbonyl (C=O) groups is 1. The number of hydrogen-bond donors (Lipinski definition) is 1. The second kappa shape index (κ2) is 3.10. The van der Waals surface area contributed by atoms with Gasteiger partial charge in [0.15, 0.2) is 11.6 Å². The molecule has 0 amide bonds. The number of hydrogen-bond acceptors (Lipinski definition) is 2. The number of rotatable bonds is 1. The van der Waals surface area contributed by atoms with Crippen molar-refractivity contribution in [2.75, 3.05) is 6.61 Å². The quantitative estimate of drug-likeness (QED) is 0.822. The fourth-order valence-electron chi connectivity index (χ4n) is 2.50. The highest BCUT2D eigenvalue weighted by Crippen LogP contribution is 2.61. The van der Waals surface area contributed by atoms with E-state index in [1.165, 1.54) is 12.1 Å². The molecule has 1 fully saturated rings. The van der Waals surface area contributed by atoms with E-state index in [-0.39, 0.29) is 24.2 Å². The lowest BCUT2D eigenvalue weighted by Gasteiger charge is -2.17. The highest BCUT2D eigenvalue weighted by atomic mass is 35.5. The molecule has 3 atom stereocenters. The Bertz CT molecular complexity index is 488. The van der Waals surface area contributed by atoms with E-state index in [9.17, 15) is 9.18 Å². The van der Waals surface area contributed by atoms with Gasteiger partial charge in [0.25, 0.3) is 0 Å². The Hall–Kier alpha value is -1.29. The minimum atomic E-state index is -0.869. The fraction of sp³-hybridized carbons (Fsp3) is 0.364. The van der Waals surface area contributed by atoms with Crippen LogP contribution in [0.25, 0.3) is 0 Å². The van der Waals surface area contributed by atoms with Crippen LogP contribution in [0.1, 0.15) is 11.5 Å². The van der Waals surface area contributed by atoms with Gasteiger partial charge in [0, 0.05) is 22.4 Å². The topological polar surface area (TPSA) is 46.5 Å². The summed E-state index contributed by atoms with van der Waals surface area (Å²) in [4.78, 5) is 10.9. The molecule has 3 nitrogen and oxygen atoms in total. The largest absolute Gasteiger partial charge is 0.490 e. The lowest BCUT2D eigenvalue weighted by molar-refractivity contribution is -0.139. The van der Waals surface area contributed by atoms with Crippen molar-refractivity contribution in [1.29, 1.82) is 0 Å². The molecule has 0 radical (unpaired) electrons. The summed E-state index contributed by atoms with van der Waals surface area (Å²) in [6.45, 7) is 0.256. The molecule has 0 saturated heterocycles. The average Bonchev–Trinajstić information content (AvgIpc) is 2.97. The first-order valence-corrected chi connectivity index (χ1v) is 5.32. The Labute approximate surface area is 95.8 Å². The summed E-state index contributed by atoms with van der Waals surface area (Å²) in [5.41, 5.74) is 0.519. The maximum atomic E-state index is 13.4. The number of benzene rings is 1. The number of fused-ring (bicyclic) bond motifs is 3. The van der Waals surface area contributed by atoms with Gasteiger partial charge in [-0.1, -0.05) is 11.6 Å². The van der Waals surface area contributed by atoms with Crippen molar-refractivity contribution in [3.63, 3.8) is 0 Å². The van der Waals surface area contributed by atoms with Crippen molar-refractivity contribution in [2.24, 2.45) is 11.8 Å². The molecule has 16 heavy (non-hydrogen) atoms. The molecular weight excluding hydrogens is 235 g/mol. The number of aliphatic carboxylic acids is 1. The monoisotopic (exact) mass is 242 g/mol. The van der Waals surface area contributed by atoms with Crippen molar-refractivity contribution >= 4 is 17.6 Å². The molecule has 3 rings (SSSR count). The Balaban J connectivity index is 2.10. The van der Waals surface area contributed by atoms with E-state index in [4.69, 9.17) is 21.4 Å². The molecule has 1 aliphatic carbocycles. The summed E-state index contributed by atoms with van der Waals surface area (Å²) in [5.74, 6) is -1.97. The standard InChI is InChI=1S/C11H8ClFO3/c12-5-1-2-6(13)10-9(5)7-4(3-16-10)8(7)11(14)15/h1-2,4,7-8H,3H2,(H,14,15)/t4-,7+,8-/m1/s1. The van der Waals surface area contributed by atoms with E-state index in [0.717, 1.165) is 0 Å². The van der Waals surface area contributed by atoms with E-state index in [1.54, 1.807) is 0 Å². The molecule has 1 heterocycles. The molecular formula is C11H8ClFO3. The summed E-state index contributed by atoms with van der Waals surface area (Å²) in [7, 11) is 0. The first-order chi connectivity index (χ1) is 7.61. The van der Waals surface area contributed by atoms with Crippen LogP contribution in [0, 0.1) is 17.7 Å². The smallest absolute Gasteiger partial charge is 0.307 e. The van der Waals surface area contributed by atoms with E-state index >= 15 is 0 Å². The van der Waals surface area contributed by atoms with Gasteiger partial charge in [-0.15, -0.1) is 0 Å². The van der Waals surface area contributed by atoms with E-state index in [2.05, 4.69) is 0 Å². The van der Waals surface area contributed by atoms with Gasteiger partial charge in [-0.05, 0) is 12.1 Å². The highest BCUT2D eigenvalue weighted by molar-refractivity contribution is 6.31. The molecule has 1 saturated carbocycles. The number of ether oxygens (including phenoxy) is 1. The molecule has 0 spiro atoms. The molecule has 2 aliphatic rings. The molecule has 1 aromatic carbocycles. The zero-order valence-electron chi connectivity index (χ0n) is 8.11. The Morgan fingerprint density at radius 1 is 1.56 bits per heavy atom. The Morgan fingerprint density at radius 3 is 3.00 bits per heavy atom. The maximum absolute atomic E-state index is 13.4. The third-order valence-corrected chi connectivity index (χ3v) is 3.63. The molecule has 84 valence electrons. The second-order valence-electron chi connectivity index (χ2n) is 4.14. The summed E-state index contributed by atoms with van der Waals surface area (Å²) in [5, 5.41) is 9.36. The van der Waals surface area contributed by atoms with Gasteiger partial charge < -0.3 is 9.84 Å². The Morgan fingerprint density at radius 2 is 2.31 bits per heavy atom. The van der Waals surface area contributed by atoms with Crippen molar-refractivity contribution < 1.29 is 19.0 Å². The van der Waals surface area contributed by atoms with Crippen molar-refractivity contribution in [3.8, 4) is 5.75 Å². The summed E-state index contributed by atoms with van der Waals surface area (Å²) < 4.78 is 18.7. The minimum absolute atomic E-state index is 0.0655. The molecule has 0 bridgehead atoms. The van der Waals surface area contributed by atoms with Gasteiger partial charge in [0.1, 0.15) is 0 Å². The van der Waals surface area contributed by atoms with Gasteiger partial charge in [-0.25, -0.2) is 4.39 Å². The van der Waals surface area contributed by atoms with E-state index in [1.807, 2.05) is 0 Å². The summed E-state index contributed by atoms with van der Waals surface area (Å²) in [6.07, 6.45) is 0. The van der Waals surface area contributed by atoms with E-state index in [0.29, 0.717) is 10.6 Å². The van der Waals surface area contributed by atoms with Crippen LogP contribution in [0.5, 0.6) is 5.75 Å². The number of carboxylic acids is 1. The maximum Gasteiger partial charge on any atom is 0.307 e. The van der Waals surface area contributed by atoms with E-state index < -0.39 is 17.7 Å². The zero-order chi connectivity index (χ0) is 11.4. The normalized spacial score (nSPS) is 30.0. The van der Waals surface area contributed by atoms with Crippen LogP contribution in [0.15, 0.2) is 12.1 Å². The molecule has 1 aromatic rings. The van der Waals surface area contributed by atoms with Gasteiger partial charge in [0.05, 0.1) is 12.5 Å². The number of halogens is 2. The fourth-order valence-corrected chi connectivity index (χ4v) is 2.77. The van der Waals surface area contributed by atoms with Crippen LogP contribution in [-0.4, -0.2) is 17.7 Å². The molecule has 0 aromatic heterocycles. The van der Waals surface area contributed by atoms with Crippen LogP contribution in [-0.2, 0) is 4.79 Å². The van der Waals surface area contributed by atoms with Gasteiger partial charge in [-0.3, -0.25) is 4.79 Å². The third kappa shape index (κ3) is 1.16. The van der Waals surface area contributed by atoms with Crippen molar-refractivity contribution in [1.82, 2.24) is 0 Å². The molecule has 1 N–H and O–H groups in total. The SMILES string of the molecule is O=C(O)[C@@H]1[C@@H]2COc3c(F)ccc(Cl)c3[C@@H]21. The third-order valence-electron chi connectivity index (χ3n) is 3.30. The van der Waals surface area contributed by atoms with Crippen LogP contribution < -0.4 is 4.74 Å². The van der Waals surface area contributed by atoms with Crippen molar-refractivity contribution in [3.05, 3.63) is 28.5 Å². The first-order valence-electron chi connectivity index (χ1n) is 4.94. The summed E-state index contributed by atoms with van der Waals surface area (Å²) in [6, 6.07) is 2.68. The van der Waals surface area contributed by atoms with Crippen LogP contribution in [0.4, 0.5) is 4.39 Å². The molecule has 0 unspecified atom stereocenters. The van der Waals surface area contributed by atoms with Gasteiger partial charge in [-0.2, -0.15) is 0 Å². The van der Waals surface area contributed by atoms with Crippen molar-refractivity contribution in [2.45, 2.75) is 5.92 Å². The minimum Gasteiger partial charge on any atom is -0.490 e. The average molecular weight is 243 g/mol. The molecule has 5 heteroatoms. The first kappa shape index (κ1) is 9.90. The Kier molecular flexibility index (Phi) is 1.92.